The summed E-state index contributed by atoms with van der Waals surface area (Å²) in [5.41, 5.74) is 2.86. The van der Waals surface area contributed by atoms with E-state index in [-0.39, 0.29) is 12.5 Å². The molecule has 1 aromatic rings. The van der Waals surface area contributed by atoms with Crippen molar-refractivity contribution in [1.29, 1.82) is 0 Å². The van der Waals surface area contributed by atoms with Gasteiger partial charge < -0.3 is 9.84 Å². The van der Waals surface area contributed by atoms with Gasteiger partial charge in [-0.05, 0) is 32.3 Å². The van der Waals surface area contributed by atoms with E-state index < -0.39 is 23.7 Å². The van der Waals surface area contributed by atoms with Gasteiger partial charge in [-0.2, -0.15) is 5.01 Å². The number of rotatable bonds is 7. The highest BCUT2D eigenvalue weighted by Crippen LogP contribution is 2.17. The average molecular weight is 336 g/mol. The molecule has 0 heterocycles. The van der Waals surface area contributed by atoms with Crippen molar-refractivity contribution >= 4 is 12.1 Å². The molecule has 1 rings (SSSR count). The number of hydrazine groups is 1. The zero-order valence-electron chi connectivity index (χ0n) is 15.1. The molecule has 0 spiro atoms. The van der Waals surface area contributed by atoms with Gasteiger partial charge in [-0.15, -0.1) is 0 Å². The van der Waals surface area contributed by atoms with E-state index in [1.54, 1.807) is 20.8 Å². The molecular weight excluding hydrogens is 308 g/mol. The van der Waals surface area contributed by atoms with Gasteiger partial charge in [0.15, 0.2) is 0 Å². The topological polar surface area (TPSA) is 78.9 Å². The van der Waals surface area contributed by atoms with Gasteiger partial charge in [0, 0.05) is 6.54 Å². The SMILES string of the molecule is CCC(C)[C@H](C(=O)O)N(Cc1ccccc1)NC(=O)OC(C)(C)C. The van der Waals surface area contributed by atoms with Crippen LogP contribution >= 0.6 is 0 Å². The molecule has 0 fully saturated rings. The Balaban J connectivity index is 3.01. The number of aliphatic carboxylic acids is 1. The van der Waals surface area contributed by atoms with E-state index in [0.717, 1.165) is 5.56 Å². The number of carboxylic acid groups (broad SMARTS) is 1. The van der Waals surface area contributed by atoms with Crippen molar-refractivity contribution < 1.29 is 19.4 Å². The van der Waals surface area contributed by atoms with Crippen LogP contribution in [0.5, 0.6) is 0 Å². The van der Waals surface area contributed by atoms with E-state index in [1.165, 1.54) is 5.01 Å². The second-order valence-corrected chi connectivity index (χ2v) is 6.90. The van der Waals surface area contributed by atoms with Crippen molar-refractivity contribution in [3.8, 4) is 0 Å². The first kappa shape index (κ1) is 20.0. The Morgan fingerprint density at radius 2 is 1.83 bits per heavy atom. The van der Waals surface area contributed by atoms with Crippen LogP contribution < -0.4 is 5.43 Å². The normalized spacial score (nSPS) is 14.1. The van der Waals surface area contributed by atoms with E-state index >= 15 is 0 Å². The zero-order chi connectivity index (χ0) is 18.3. The van der Waals surface area contributed by atoms with Crippen LogP contribution in [0, 0.1) is 5.92 Å². The Labute approximate surface area is 143 Å². The number of hydrogen-bond acceptors (Lipinski definition) is 4. The fraction of sp³-hybridized carbons (Fsp3) is 0.556. The molecule has 0 saturated heterocycles. The summed E-state index contributed by atoms with van der Waals surface area (Å²) in [6.45, 7) is 9.34. The van der Waals surface area contributed by atoms with E-state index in [4.69, 9.17) is 4.74 Å². The van der Waals surface area contributed by atoms with Crippen molar-refractivity contribution in [2.24, 2.45) is 5.92 Å². The van der Waals surface area contributed by atoms with Gasteiger partial charge in [-0.1, -0.05) is 50.6 Å². The van der Waals surface area contributed by atoms with Gasteiger partial charge >= 0.3 is 12.1 Å². The van der Waals surface area contributed by atoms with Gasteiger partial charge in [-0.3, -0.25) is 10.2 Å². The first-order valence-electron chi connectivity index (χ1n) is 8.17. The summed E-state index contributed by atoms with van der Waals surface area (Å²) >= 11 is 0. The number of carboxylic acids is 1. The minimum absolute atomic E-state index is 0.138. The summed E-state index contributed by atoms with van der Waals surface area (Å²) in [5, 5.41) is 11.1. The molecule has 24 heavy (non-hydrogen) atoms. The summed E-state index contributed by atoms with van der Waals surface area (Å²) in [6, 6.07) is 8.57. The lowest BCUT2D eigenvalue weighted by Crippen LogP contribution is -2.54. The molecule has 2 N–H and O–H groups in total. The molecule has 0 bridgehead atoms. The highest BCUT2D eigenvalue weighted by atomic mass is 16.6. The third-order valence-electron chi connectivity index (χ3n) is 3.60. The number of hydrogen-bond donors (Lipinski definition) is 2. The fourth-order valence-electron chi connectivity index (χ4n) is 2.31. The van der Waals surface area contributed by atoms with Gasteiger partial charge in [-0.25, -0.2) is 4.79 Å². The number of nitrogens with zero attached hydrogens (tertiary/aromatic N) is 1. The van der Waals surface area contributed by atoms with E-state index in [0.29, 0.717) is 6.42 Å². The molecule has 1 unspecified atom stereocenters. The Morgan fingerprint density at radius 1 is 1.25 bits per heavy atom. The summed E-state index contributed by atoms with van der Waals surface area (Å²) in [6.07, 6.45) is 0.0196. The fourth-order valence-corrected chi connectivity index (χ4v) is 2.31. The van der Waals surface area contributed by atoms with Crippen LogP contribution in [0.2, 0.25) is 0 Å². The van der Waals surface area contributed by atoms with E-state index in [1.807, 2.05) is 44.2 Å². The molecule has 0 radical (unpaired) electrons. The molecule has 6 nitrogen and oxygen atoms in total. The predicted molar refractivity (Wildman–Crippen MR) is 92.2 cm³/mol. The monoisotopic (exact) mass is 336 g/mol. The smallest absolute Gasteiger partial charge is 0.422 e. The first-order chi connectivity index (χ1) is 11.1. The zero-order valence-corrected chi connectivity index (χ0v) is 15.1. The van der Waals surface area contributed by atoms with Gasteiger partial charge in [0.25, 0.3) is 0 Å². The maximum atomic E-state index is 12.1. The lowest BCUT2D eigenvalue weighted by atomic mass is 9.98. The number of carbonyl (C=O) groups is 2. The second kappa shape index (κ2) is 8.68. The number of benzene rings is 1. The molecule has 0 aliphatic rings. The van der Waals surface area contributed by atoms with Crippen LogP contribution in [0.4, 0.5) is 4.79 Å². The van der Waals surface area contributed by atoms with Crippen molar-refractivity contribution in [1.82, 2.24) is 10.4 Å². The number of nitrogens with one attached hydrogen (secondary N) is 1. The third-order valence-corrected chi connectivity index (χ3v) is 3.60. The summed E-state index contributed by atoms with van der Waals surface area (Å²) in [4.78, 5) is 23.9. The van der Waals surface area contributed by atoms with Crippen LogP contribution in [0.25, 0.3) is 0 Å². The van der Waals surface area contributed by atoms with Crippen molar-refractivity contribution in [3.63, 3.8) is 0 Å². The Bertz CT molecular complexity index is 540. The summed E-state index contributed by atoms with van der Waals surface area (Å²) < 4.78 is 5.26. The van der Waals surface area contributed by atoms with Crippen LogP contribution in [0.1, 0.15) is 46.6 Å². The molecule has 0 aliphatic carbocycles. The highest BCUT2D eigenvalue weighted by Gasteiger charge is 2.32. The molecule has 1 aromatic carbocycles. The first-order valence-corrected chi connectivity index (χ1v) is 8.17. The maximum absolute atomic E-state index is 12.1. The largest absolute Gasteiger partial charge is 0.480 e. The van der Waals surface area contributed by atoms with Crippen molar-refractivity contribution in [3.05, 3.63) is 35.9 Å². The number of amides is 1. The van der Waals surface area contributed by atoms with E-state index in [2.05, 4.69) is 5.43 Å². The van der Waals surface area contributed by atoms with Crippen molar-refractivity contribution in [2.45, 2.75) is 59.2 Å². The lowest BCUT2D eigenvalue weighted by molar-refractivity contribution is -0.147. The van der Waals surface area contributed by atoms with Gasteiger partial charge in [0.05, 0.1) is 0 Å². The summed E-state index contributed by atoms with van der Waals surface area (Å²) in [7, 11) is 0. The molecule has 1 amide bonds. The van der Waals surface area contributed by atoms with Crippen LogP contribution in [-0.4, -0.2) is 33.8 Å². The second-order valence-electron chi connectivity index (χ2n) is 6.90. The minimum Gasteiger partial charge on any atom is -0.480 e. The molecule has 6 heteroatoms. The Kier molecular flexibility index (Phi) is 7.22. The van der Waals surface area contributed by atoms with Crippen molar-refractivity contribution in [2.75, 3.05) is 0 Å². The predicted octanol–water partition coefficient (Wildman–Crippen LogP) is 3.43. The average Bonchev–Trinajstić information content (AvgIpc) is 2.45. The molecule has 2 atom stereocenters. The Hall–Kier alpha value is -2.08. The van der Waals surface area contributed by atoms with Gasteiger partial charge in [0.2, 0.25) is 0 Å². The van der Waals surface area contributed by atoms with Crippen LogP contribution in [-0.2, 0) is 16.1 Å². The molecular formula is C18H28N2O4. The number of ether oxygens (including phenoxy) is 1. The van der Waals surface area contributed by atoms with Crippen LogP contribution in [0.3, 0.4) is 0 Å². The van der Waals surface area contributed by atoms with Crippen LogP contribution in [0.15, 0.2) is 30.3 Å². The van der Waals surface area contributed by atoms with E-state index in [9.17, 15) is 14.7 Å². The Morgan fingerprint density at radius 3 is 2.29 bits per heavy atom. The quantitative estimate of drug-likeness (QED) is 0.746. The standard InChI is InChI=1S/C18H28N2O4/c1-6-13(2)15(16(21)22)20(12-14-10-8-7-9-11-14)19-17(23)24-18(3,4)5/h7-11,13,15H,6,12H2,1-5H3,(H,19,23)(H,21,22)/t13?,15-/m1/s1. The summed E-state index contributed by atoms with van der Waals surface area (Å²) in [5.74, 6) is -1.11. The lowest BCUT2D eigenvalue weighted by Gasteiger charge is -2.33. The molecule has 0 saturated carbocycles. The molecule has 0 aliphatic heterocycles. The minimum atomic E-state index is -0.976. The molecule has 134 valence electrons. The maximum Gasteiger partial charge on any atom is 0.422 e. The highest BCUT2D eigenvalue weighted by molar-refractivity contribution is 5.75. The number of carbonyl (C=O) groups excluding carboxylic acids is 1. The van der Waals surface area contributed by atoms with Gasteiger partial charge in [0.1, 0.15) is 11.6 Å². The third kappa shape index (κ3) is 6.58. The molecule has 0 aromatic heterocycles.